The van der Waals surface area contributed by atoms with Gasteiger partial charge in [0, 0.05) is 31.9 Å². The van der Waals surface area contributed by atoms with Crippen molar-refractivity contribution >= 4 is 45.1 Å². The normalized spacial score (nSPS) is 16.8. The first-order valence-corrected chi connectivity index (χ1v) is 8.32. The summed E-state index contributed by atoms with van der Waals surface area (Å²) in [6.07, 6.45) is 0. The number of amides is 2. The van der Waals surface area contributed by atoms with Gasteiger partial charge in [0.2, 0.25) is 0 Å². The first-order valence-electron chi connectivity index (χ1n) is 6.06. The number of hydrogen-bond donors (Lipinski definition) is 2. The molecule has 0 atom stereocenters. The lowest BCUT2D eigenvalue weighted by Crippen LogP contribution is -2.53. The molecule has 7 nitrogen and oxygen atoms in total. The van der Waals surface area contributed by atoms with Crippen LogP contribution in [0, 0.1) is 0 Å². The molecule has 10 heteroatoms. The first-order chi connectivity index (χ1) is 9.77. The molecule has 1 fully saturated rings. The molecule has 3 N–H and O–H groups in total. The number of carbonyl (C=O) groups is 1. The monoisotopic (exact) mass is 352 g/mol. The number of rotatable bonds is 2. The van der Waals surface area contributed by atoms with Gasteiger partial charge >= 0.3 is 6.03 Å². The maximum Gasteiger partial charge on any atom is 0.321 e. The smallest absolute Gasteiger partial charge is 0.321 e. The Balaban J connectivity index is 1.95. The summed E-state index contributed by atoms with van der Waals surface area (Å²) in [6, 6.07) is 4.43. The van der Waals surface area contributed by atoms with Crippen LogP contribution in [0.5, 0.6) is 0 Å². The Bertz CT molecular complexity index is 645. The van der Waals surface area contributed by atoms with Gasteiger partial charge in [0.1, 0.15) is 0 Å². The molecule has 0 aromatic heterocycles. The molecule has 1 aliphatic rings. The van der Waals surface area contributed by atoms with Gasteiger partial charge < -0.3 is 10.2 Å². The molecule has 2 rings (SSSR count). The van der Waals surface area contributed by atoms with Crippen LogP contribution >= 0.6 is 23.2 Å². The van der Waals surface area contributed by atoms with Crippen molar-refractivity contribution < 1.29 is 13.2 Å². The Kier molecular flexibility index (Phi) is 4.95. The highest BCUT2D eigenvalue weighted by molar-refractivity contribution is 7.86. The van der Waals surface area contributed by atoms with E-state index in [1.807, 2.05) is 0 Å². The van der Waals surface area contributed by atoms with Crippen LogP contribution in [0.25, 0.3) is 0 Å². The highest BCUT2D eigenvalue weighted by Gasteiger charge is 2.26. The van der Waals surface area contributed by atoms with Crippen molar-refractivity contribution in [2.75, 3.05) is 31.5 Å². The number of nitrogens with two attached hydrogens (primary N) is 1. The van der Waals surface area contributed by atoms with Gasteiger partial charge in [-0.2, -0.15) is 12.7 Å². The fourth-order valence-corrected chi connectivity index (χ4v) is 2.89. The van der Waals surface area contributed by atoms with Crippen LogP contribution in [0.2, 0.25) is 10.0 Å². The van der Waals surface area contributed by atoms with Crippen molar-refractivity contribution in [2.45, 2.75) is 0 Å². The van der Waals surface area contributed by atoms with Crippen LogP contribution in [-0.2, 0) is 10.2 Å². The Labute approximate surface area is 132 Å². The van der Waals surface area contributed by atoms with Gasteiger partial charge in [-0.05, 0) is 18.2 Å². The zero-order chi connectivity index (χ0) is 15.6. The van der Waals surface area contributed by atoms with E-state index in [1.165, 1.54) is 4.90 Å². The van der Waals surface area contributed by atoms with Gasteiger partial charge in [-0.15, -0.1) is 0 Å². The fraction of sp³-hybridized carbons (Fsp3) is 0.364. The van der Waals surface area contributed by atoms with Gasteiger partial charge in [-0.1, -0.05) is 23.2 Å². The molecule has 1 aliphatic heterocycles. The van der Waals surface area contributed by atoms with Crippen molar-refractivity contribution in [3.8, 4) is 0 Å². The van der Waals surface area contributed by atoms with E-state index in [-0.39, 0.29) is 32.2 Å². The topological polar surface area (TPSA) is 95.7 Å². The summed E-state index contributed by atoms with van der Waals surface area (Å²) >= 11 is 11.7. The maximum atomic E-state index is 12.1. The van der Waals surface area contributed by atoms with Crippen LogP contribution in [0.15, 0.2) is 18.2 Å². The Morgan fingerprint density at radius 3 is 2.29 bits per heavy atom. The Hall–Kier alpha value is -1.06. The fourth-order valence-electron chi connectivity index (χ4n) is 1.92. The second-order valence-corrected chi connectivity index (χ2v) is 6.85. The second kappa shape index (κ2) is 6.37. The van der Waals surface area contributed by atoms with Crippen molar-refractivity contribution in [3.05, 3.63) is 28.2 Å². The predicted octanol–water partition coefficient (Wildman–Crippen LogP) is 1.35. The van der Waals surface area contributed by atoms with Crippen molar-refractivity contribution in [1.82, 2.24) is 9.21 Å². The molecule has 0 aliphatic carbocycles. The molecule has 0 bridgehead atoms. The van der Waals surface area contributed by atoms with Crippen LogP contribution < -0.4 is 10.5 Å². The van der Waals surface area contributed by atoms with Crippen molar-refractivity contribution in [2.24, 2.45) is 5.14 Å². The highest BCUT2D eigenvalue weighted by Crippen LogP contribution is 2.25. The number of benzene rings is 1. The van der Waals surface area contributed by atoms with E-state index in [4.69, 9.17) is 28.3 Å². The van der Waals surface area contributed by atoms with E-state index in [9.17, 15) is 13.2 Å². The van der Waals surface area contributed by atoms with E-state index in [1.54, 1.807) is 18.2 Å². The summed E-state index contributed by atoms with van der Waals surface area (Å²) in [7, 11) is -3.70. The molecule has 116 valence electrons. The summed E-state index contributed by atoms with van der Waals surface area (Å²) in [5.41, 5.74) is 0.517. The number of carbonyl (C=O) groups excluding carboxylic acids is 1. The lowest BCUT2D eigenvalue weighted by atomic mass is 10.3. The third-order valence-electron chi connectivity index (χ3n) is 3.06. The standard InChI is InChI=1S/C11H14Cl2N4O3S/c12-9-2-1-8(7-10(9)13)15-11(18)16-3-5-17(6-4-16)21(14,19)20/h1-2,7H,3-6H2,(H,15,18)(H2,14,19,20). The number of nitrogens with zero attached hydrogens (tertiary/aromatic N) is 2. The Morgan fingerprint density at radius 2 is 1.76 bits per heavy atom. The molecule has 0 spiro atoms. The van der Waals surface area contributed by atoms with Crippen LogP contribution in [-0.4, -0.2) is 49.8 Å². The van der Waals surface area contributed by atoms with Gasteiger partial charge in [0.05, 0.1) is 10.0 Å². The SMILES string of the molecule is NS(=O)(=O)N1CCN(C(=O)Nc2ccc(Cl)c(Cl)c2)CC1. The lowest BCUT2D eigenvalue weighted by Gasteiger charge is -2.32. The molecule has 0 unspecified atom stereocenters. The average Bonchev–Trinajstić information content (AvgIpc) is 2.42. The third-order valence-corrected chi connectivity index (χ3v) is 4.88. The van der Waals surface area contributed by atoms with Gasteiger partial charge in [0.25, 0.3) is 10.2 Å². The van der Waals surface area contributed by atoms with Crippen LogP contribution in [0.3, 0.4) is 0 Å². The Morgan fingerprint density at radius 1 is 1.14 bits per heavy atom. The molecule has 21 heavy (non-hydrogen) atoms. The molecule has 0 saturated carbocycles. The second-order valence-electron chi connectivity index (χ2n) is 4.49. The van der Waals surface area contributed by atoms with E-state index < -0.39 is 10.2 Å². The summed E-state index contributed by atoms with van der Waals surface area (Å²) in [5.74, 6) is 0. The van der Waals surface area contributed by atoms with E-state index in [2.05, 4.69) is 5.32 Å². The number of hydrogen-bond acceptors (Lipinski definition) is 3. The van der Waals surface area contributed by atoms with E-state index in [0.717, 1.165) is 4.31 Å². The van der Waals surface area contributed by atoms with E-state index >= 15 is 0 Å². The maximum absolute atomic E-state index is 12.1. The van der Waals surface area contributed by atoms with Crippen molar-refractivity contribution in [1.29, 1.82) is 0 Å². The largest absolute Gasteiger partial charge is 0.322 e. The molecule has 1 saturated heterocycles. The molecule has 2 amide bonds. The molecule has 1 aromatic rings. The van der Waals surface area contributed by atoms with Crippen LogP contribution in [0.4, 0.5) is 10.5 Å². The zero-order valence-electron chi connectivity index (χ0n) is 10.9. The molecule has 0 radical (unpaired) electrons. The van der Waals surface area contributed by atoms with E-state index in [0.29, 0.717) is 15.7 Å². The number of piperazine rings is 1. The zero-order valence-corrected chi connectivity index (χ0v) is 13.2. The number of anilines is 1. The molecular weight excluding hydrogens is 339 g/mol. The summed E-state index contributed by atoms with van der Waals surface area (Å²) in [6.45, 7) is 0.883. The highest BCUT2D eigenvalue weighted by atomic mass is 35.5. The van der Waals surface area contributed by atoms with Crippen molar-refractivity contribution in [3.63, 3.8) is 0 Å². The minimum atomic E-state index is -3.70. The molecular formula is C11H14Cl2N4O3S. The molecule has 1 heterocycles. The quantitative estimate of drug-likeness (QED) is 0.840. The average molecular weight is 353 g/mol. The number of urea groups is 1. The first kappa shape index (κ1) is 16.3. The van der Waals surface area contributed by atoms with Gasteiger partial charge in [-0.3, -0.25) is 0 Å². The summed E-state index contributed by atoms with van der Waals surface area (Å²) < 4.78 is 23.5. The van der Waals surface area contributed by atoms with Gasteiger partial charge in [-0.25, -0.2) is 9.93 Å². The number of nitrogens with one attached hydrogen (secondary N) is 1. The third kappa shape index (κ3) is 4.21. The number of halogens is 2. The minimum Gasteiger partial charge on any atom is -0.322 e. The minimum absolute atomic E-state index is 0.174. The summed E-state index contributed by atoms with van der Waals surface area (Å²) in [4.78, 5) is 13.6. The van der Waals surface area contributed by atoms with Crippen LogP contribution in [0.1, 0.15) is 0 Å². The molecule has 1 aromatic carbocycles. The summed E-state index contributed by atoms with van der Waals surface area (Å²) in [5, 5.41) is 8.46. The predicted molar refractivity (Wildman–Crippen MR) is 81.7 cm³/mol. The van der Waals surface area contributed by atoms with Gasteiger partial charge in [0.15, 0.2) is 0 Å². The lowest BCUT2D eigenvalue weighted by molar-refractivity contribution is 0.184.